The van der Waals surface area contributed by atoms with E-state index < -0.39 is 10.2 Å². The fraction of sp³-hybridized carbons (Fsp3) is 1.00. The van der Waals surface area contributed by atoms with Gasteiger partial charge in [0.15, 0.2) is 0 Å². The van der Waals surface area contributed by atoms with Crippen LogP contribution < -0.4 is 15.6 Å². The van der Waals surface area contributed by atoms with Gasteiger partial charge in [0.2, 0.25) is 0 Å². The molecule has 0 saturated heterocycles. The fourth-order valence-corrected chi connectivity index (χ4v) is 2.59. The lowest BCUT2D eigenvalue weighted by atomic mass is 9.85. The summed E-state index contributed by atoms with van der Waals surface area (Å²) in [6.45, 7) is 0.521. The highest BCUT2D eigenvalue weighted by Crippen LogP contribution is 2.23. The van der Waals surface area contributed by atoms with E-state index in [2.05, 4.69) is 4.72 Å². The molecule has 2 unspecified atom stereocenters. The molecule has 0 spiro atoms. The summed E-state index contributed by atoms with van der Waals surface area (Å²) in [5.74, 6) is 0.243. The Balaban J connectivity index is 2.55. The van der Waals surface area contributed by atoms with Crippen molar-refractivity contribution >= 4 is 10.2 Å². The highest BCUT2D eigenvalue weighted by Gasteiger charge is 2.26. The first-order valence-corrected chi connectivity index (χ1v) is 6.07. The first-order valence-electron chi connectivity index (χ1n) is 4.53. The van der Waals surface area contributed by atoms with E-state index in [1.54, 1.807) is 0 Å². The summed E-state index contributed by atoms with van der Waals surface area (Å²) in [5.41, 5.74) is 5.54. The molecular weight excluding hydrogens is 190 g/mol. The minimum Gasteiger partial charge on any atom is -0.330 e. The summed E-state index contributed by atoms with van der Waals surface area (Å²) in [5, 5.41) is 4.90. The molecule has 0 radical (unpaired) electrons. The molecule has 0 aromatic rings. The summed E-state index contributed by atoms with van der Waals surface area (Å²) in [4.78, 5) is 0. The van der Waals surface area contributed by atoms with Gasteiger partial charge in [0.1, 0.15) is 0 Å². The minimum atomic E-state index is -3.57. The van der Waals surface area contributed by atoms with Crippen LogP contribution in [0.4, 0.5) is 0 Å². The van der Waals surface area contributed by atoms with Gasteiger partial charge in [-0.05, 0) is 25.3 Å². The van der Waals surface area contributed by atoms with Gasteiger partial charge in [0.25, 0.3) is 10.2 Å². The monoisotopic (exact) mass is 207 g/mol. The van der Waals surface area contributed by atoms with Gasteiger partial charge in [-0.25, -0.2) is 5.14 Å². The summed E-state index contributed by atoms with van der Waals surface area (Å²) in [7, 11) is -3.57. The van der Waals surface area contributed by atoms with Gasteiger partial charge in [-0.3, -0.25) is 0 Å². The Morgan fingerprint density at radius 1 is 1.31 bits per heavy atom. The van der Waals surface area contributed by atoms with Gasteiger partial charge in [-0.2, -0.15) is 13.1 Å². The van der Waals surface area contributed by atoms with E-state index in [0.29, 0.717) is 6.54 Å². The molecule has 0 bridgehead atoms. The van der Waals surface area contributed by atoms with E-state index in [9.17, 15) is 8.42 Å². The third-order valence-corrected chi connectivity index (χ3v) is 3.16. The molecule has 5 N–H and O–H groups in total. The lowest BCUT2D eigenvalue weighted by molar-refractivity contribution is 0.296. The summed E-state index contributed by atoms with van der Waals surface area (Å²) >= 11 is 0. The van der Waals surface area contributed by atoms with Crippen LogP contribution in [0.1, 0.15) is 25.7 Å². The Morgan fingerprint density at radius 2 is 1.92 bits per heavy atom. The largest absolute Gasteiger partial charge is 0.330 e. The van der Waals surface area contributed by atoms with Crippen molar-refractivity contribution in [2.24, 2.45) is 16.8 Å². The fourth-order valence-electron chi connectivity index (χ4n) is 1.86. The van der Waals surface area contributed by atoms with Crippen LogP contribution in [0, 0.1) is 5.92 Å². The molecule has 0 aromatic carbocycles. The molecule has 78 valence electrons. The molecule has 2 atom stereocenters. The van der Waals surface area contributed by atoms with Gasteiger partial charge < -0.3 is 5.73 Å². The van der Waals surface area contributed by atoms with Crippen LogP contribution in [0.15, 0.2) is 0 Å². The average molecular weight is 207 g/mol. The molecule has 1 saturated carbocycles. The van der Waals surface area contributed by atoms with Crippen molar-refractivity contribution < 1.29 is 8.42 Å². The molecule has 1 rings (SSSR count). The molecule has 0 aromatic heterocycles. The molecule has 0 heterocycles. The van der Waals surface area contributed by atoms with Gasteiger partial charge in [-0.1, -0.05) is 12.8 Å². The number of rotatable bonds is 3. The zero-order valence-electron chi connectivity index (χ0n) is 7.57. The van der Waals surface area contributed by atoms with E-state index in [-0.39, 0.29) is 12.0 Å². The molecule has 1 aliphatic rings. The zero-order valence-corrected chi connectivity index (χ0v) is 8.39. The molecular formula is C7H17N3O2S. The molecule has 0 aliphatic heterocycles. The molecule has 1 fully saturated rings. The van der Waals surface area contributed by atoms with Crippen molar-refractivity contribution in [1.29, 1.82) is 0 Å². The van der Waals surface area contributed by atoms with Gasteiger partial charge in [0, 0.05) is 6.04 Å². The maximum Gasteiger partial charge on any atom is 0.274 e. The maximum absolute atomic E-state index is 10.8. The van der Waals surface area contributed by atoms with E-state index in [0.717, 1.165) is 25.7 Å². The third-order valence-electron chi connectivity index (χ3n) is 2.53. The number of nitrogens with one attached hydrogen (secondary N) is 1. The first kappa shape index (κ1) is 10.9. The lowest BCUT2D eigenvalue weighted by Crippen LogP contribution is -2.47. The molecule has 6 heteroatoms. The Kier molecular flexibility index (Phi) is 3.66. The minimum absolute atomic E-state index is 0.0613. The van der Waals surface area contributed by atoms with Crippen molar-refractivity contribution in [2.75, 3.05) is 6.54 Å². The summed E-state index contributed by atoms with van der Waals surface area (Å²) in [6.07, 6.45) is 4.01. The van der Waals surface area contributed by atoms with Crippen LogP contribution in [0.5, 0.6) is 0 Å². The quantitative estimate of drug-likeness (QED) is 0.570. The van der Waals surface area contributed by atoms with E-state index >= 15 is 0 Å². The second-order valence-electron chi connectivity index (χ2n) is 3.55. The number of hydrogen-bond donors (Lipinski definition) is 3. The highest BCUT2D eigenvalue weighted by atomic mass is 32.2. The topological polar surface area (TPSA) is 98.2 Å². The second-order valence-corrected chi connectivity index (χ2v) is 4.88. The van der Waals surface area contributed by atoms with Crippen LogP contribution in [0.25, 0.3) is 0 Å². The smallest absolute Gasteiger partial charge is 0.274 e. The molecule has 13 heavy (non-hydrogen) atoms. The molecule has 1 aliphatic carbocycles. The van der Waals surface area contributed by atoms with Crippen LogP contribution in [0.2, 0.25) is 0 Å². The summed E-state index contributed by atoms with van der Waals surface area (Å²) in [6, 6.07) is -0.0613. The van der Waals surface area contributed by atoms with Crippen molar-refractivity contribution in [1.82, 2.24) is 4.72 Å². The van der Waals surface area contributed by atoms with Crippen LogP contribution in [0.3, 0.4) is 0 Å². The predicted molar refractivity (Wildman–Crippen MR) is 51.0 cm³/mol. The van der Waals surface area contributed by atoms with Crippen molar-refractivity contribution in [3.8, 4) is 0 Å². The Hall–Kier alpha value is -0.170. The van der Waals surface area contributed by atoms with E-state index in [4.69, 9.17) is 10.9 Å². The van der Waals surface area contributed by atoms with Crippen molar-refractivity contribution in [3.05, 3.63) is 0 Å². The first-order chi connectivity index (χ1) is 6.03. The third kappa shape index (κ3) is 3.60. The van der Waals surface area contributed by atoms with Crippen molar-refractivity contribution in [2.45, 2.75) is 31.7 Å². The van der Waals surface area contributed by atoms with Crippen molar-refractivity contribution in [3.63, 3.8) is 0 Å². The van der Waals surface area contributed by atoms with Gasteiger partial charge in [-0.15, -0.1) is 0 Å². The highest BCUT2D eigenvalue weighted by molar-refractivity contribution is 7.87. The Bertz CT molecular complexity index is 252. The normalized spacial score (nSPS) is 30.3. The number of hydrogen-bond acceptors (Lipinski definition) is 3. The van der Waals surface area contributed by atoms with Gasteiger partial charge in [0.05, 0.1) is 0 Å². The van der Waals surface area contributed by atoms with Crippen LogP contribution in [-0.2, 0) is 10.2 Å². The molecule has 5 nitrogen and oxygen atoms in total. The average Bonchev–Trinajstić information content (AvgIpc) is 2.02. The van der Waals surface area contributed by atoms with E-state index in [1.807, 2.05) is 0 Å². The predicted octanol–water partition coefficient (Wildman–Crippen LogP) is -0.703. The standard InChI is InChI=1S/C7H17N3O2S/c8-5-6-3-1-2-4-7(6)10-13(9,11)12/h6-7,10H,1-5,8H2,(H2,9,11,12). The molecule has 0 amide bonds. The SMILES string of the molecule is NCC1CCCCC1NS(N)(=O)=O. The second kappa shape index (κ2) is 4.36. The number of nitrogens with two attached hydrogens (primary N) is 2. The van der Waals surface area contributed by atoms with Gasteiger partial charge >= 0.3 is 0 Å². The lowest BCUT2D eigenvalue weighted by Gasteiger charge is -2.30. The van der Waals surface area contributed by atoms with Crippen LogP contribution in [-0.4, -0.2) is 21.0 Å². The summed E-state index contributed by atoms with van der Waals surface area (Å²) < 4.78 is 24.0. The maximum atomic E-state index is 10.8. The van der Waals surface area contributed by atoms with E-state index in [1.165, 1.54) is 0 Å². The zero-order chi connectivity index (χ0) is 9.90. The Morgan fingerprint density at radius 3 is 2.46 bits per heavy atom. The van der Waals surface area contributed by atoms with Crippen LogP contribution >= 0.6 is 0 Å². The Labute approximate surface area is 79.0 Å².